The maximum absolute atomic E-state index is 13.2. The van der Waals surface area contributed by atoms with Crippen LogP contribution in [0, 0.1) is 5.82 Å². The van der Waals surface area contributed by atoms with Gasteiger partial charge in [0.05, 0.1) is 20.4 Å². The first-order valence-electron chi connectivity index (χ1n) is 4.50. The van der Waals surface area contributed by atoms with Gasteiger partial charge in [-0.1, -0.05) is 6.92 Å². The summed E-state index contributed by atoms with van der Waals surface area (Å²) in [7, 11) is -3.35. The summed E-state index contributed by atoms with van der Waals surface area (Å²) in [6.45, 7) is 1.77. The summed E-state index contributed by atoms with van der Waals surface area (Å²) in [6.07, 6.45) is 0.527. The van der Waals surface area contributed by atoms with Gasteiger partial charge in [0, 0.05) is 0 Å². The highest BCUT2D eigenvalue weighted by molar-refractivity contribution is 9.11. The van der Waals surface area contributed by atoms with E-state index in [1.54, 1.807) is 6.92 Å². The van der Waals surface area contributed by atoms with Crippen LogP contribution in [0.25, 0.3) is 0 Å². The van der Waals surface area contributed by atoms with Crippen molar-refractivity contribution in [1.82, 2.24) is 0 Å². The van der Waals surface area contributed by atoms with E-state index in [1.807, 2.05) is 0 Å². The van der Waals surface area contributed by atoms with Crippen LogP contribution in [0.3, 0.4) is 0 Å². The second-order valence-corrected chi connectivity index (χ2v) is 6.73. The molecule has 1 aromatic rings. The van der Waals surface area contributed by atoms with Crippen molar-refractivity contribution in [3.8, 4) is 0 Å². The number of anilines is 1. The molecule has 0 fully saturated rings. The molecule has 1 aromatic carbocycles. The lowest BCUT2D eigenvalue weighted by Gasteiger charge is -2.08. The first-order chi connectivity index (χ1) is 7.35. The van der Waals surface area contributed by atoms with E-state index in [4.69, 9.17) is 0 Å². The smallest absolute Gasteiger partial charge is 0.232 e. The Morgan fingerprint density at radius 3 is 2.25 bits per heavy atom. The number of nitrogens with one attached hydrogen (secondary N) is 1. The largest absolute Gasteiger partial charge is 0.283 e. The molecule has 1 rings (SSSR count). The fourth-order valence-electron chi connectivity index (χ4n) is 1.11. The van der Waals surface area contributed by atoms with Crippen molar-refractivity contribution in [2.24, 2.45) is 0 Å². The van der Waals surface area contributed by atoms with Gasteiger partial charge in [0.1, 0.15) is 0 Å². The Morgan fingerprint density at radius 1 is 1.31 bits per heavy atom. The molecule has 0 heterocycles. The molecule has 0 aliphatic carbocycles. The molecule has 3 nitrogen and oxygen atoms in total. The summed E-state index contributed by atoms with van der Waals surface area (Å²) in [5, 5.41) is 0. The van der Waals surface area contributed by atoms with Crippen LogP contribution in [-0.2, 0) is 10.0 Å². The summed E-state index contributed by atoms with van der Waals surface area (Å²) < 4.78 is 38.9. The van der Waals surface area contributed by atoms with Crippen molar-refractivity contribution in [2.75, 3.05) is 10.5 Å². The van der Waals surface area contributed by atoms with Crippen LogP contribution in [0.2, 0.25) is 0 Å². The molecule has 0 aromatic heterocycles. The summed E-state index contributed by atoms with van der Waals surface area (Å²) in [4.78, 5) is 0. The lowest BCUT2D eigenvalue weighted by Crippen LogP contribution is -2.16. The summed E-state index contributed by atoms with van der Waals surface area (Å²) >= 11 is 6.01. The number of benzene rings is 1. The Labute approximate surface area is 111 Å². The van der Waals surface area contributed by atoms with Crippen LogP contribution in [0.15, 0.2) is 21.1 Å². The van der Waals surface area contributed by atoms with Gasteiger partial charge in [-0.3, -0.25) is 4.72 Å². The van der Waals surface area contributed by atoms with Crippen molar-refractivity contribution < 1.29 is 12.8 Å². The third kappa shape index (κ3) is 3.71. The highest BCUT2D eigenvalue weighted by Crippen LogP contribution is 2.28. The lowest BCUT2D eigenvalue weighted by molar-refractivity contribution is 0.599. The Kier molecular flexibility index (Phi) is 4.75. The van der Waals surface area contributed by atoms with Crippen molar-refractivity contribution in [2.45, 2.75) is 13.3 Å². The minimum atomic E-state index is -3.35. The Morgan fingerprint density at radius 2 is 1.81 bits per heavy atom. The fourth-order valence-corrected chi connectivity index (χ4v) is 3.42. The number of rotatable bonds is 4. The molecule has 0 spiro atoms. The van der Waals surface area contributed by atoms with E-state index in [2.05, 4.69) is 36.6 Å². The quantitative estimate of drug-likeness (QED) is 0.819. The van der Waals surface area contributed by atoms with Gasteiger partial charge in [-0.25, -0.2) is 12.8 Å². The van der Waals surface area contributed by atoms with E-state index < -0.39 is 15.8 Å². The topological polar surface area (TPSA) is 46.2 Å². The monoisotopic (exact) mass is 373 g/mol. The summed E-state index contributed by atoms with van der Waals surface area (Å²) in [6, 6.07) is 2.76. The Hall–Kier alpha value is -0.140. The molecule has 0 atom stereocenters. The molecule has 0 radical (unpaired) electrons. The molecular weight excluding hydrogens is 365 g/mol. The molecule has 0 saturated heterocycles. The Bertz CT molecular complexity index is 467. The van der Waals surface area contributed by atoms with Crippen molar-refractivity contribution in [3.63, 3.8) is 0 Å². The van der Waals surface area contributed by atoms with Gasteiger partial charge in [0.25, 0.3) is 0 Å². The van der Waals surface area contributed by atoms with Crippen LogP contribution >= 0.6 is 31.9 Å². The lowest BCUT2D eigenvalue weighted by atomic mass is 10.3. The zero-order chi connectivity index (χ0) is 12.3. The fraction of sp³-hybridized carbons (Fsp3) is 0.333. The average Bonchev–Trinajstić information content (AvgIpc) is 2.13. The normalized spacial score (nSPS) is 11.5. The van der Waals surface area contributed by atoms with Gasteiger partial charge in [-0.2, -0.15) is 0 Å². The van der Waals surface area contributed by atoms with Gasteiger partial charge >= 0.3 is 0 Å². The molecule has 1 N–H and O–H groups in total. The predicted molar refractivity (Wildman–Crippen MR) is 69.5 cm³/mol. The minimum absolute atomic E-state index is 0.0413. The van der Waals surface area contributed by atoms with Crippen LogP contribution in [0.1, 0.15) is 13.3 Å². The third-order valence-electron chi connectivity index (χ3n) is 1.73. The van der Waals surface area contributed by atoms with Crippen molar-refractivity contribution in [1.29, 1.82) is 0 Å². The van der Waals surface area contributed by atoms with Gasteiger partial charge in [0.15, 0.2) is 5.82 Å². The second kappa shape index (κ2) is 5.46. The van der Waals surface area contributed by atoms with E-state index in [0.29, 0.717) is 12.1 Å². The van der Waals surface area contributed by atoms with Gasteiger partial charge in [-0.05, 0) is 50.4 Å². The SMILES string of the molecule is CCCS(=O)(=O)Nc1cc(Br)c(F)c(Br)c1. The molecule has 0 saturated carbocycles. The van der Waals surface area contributed by atoms with Gasteiger partial charge in [0.2, 0.25) is 10.0 Å². The number of halogens is 3. The predicted octanol–water partition coefficient (Wildman–Crippen LogP) is 3.50. The third-order valence-corrected chi connectivity index (χ3v) is 4.38. The standard InChI is InChI=1S/C9H10Br2FNO2S/c1-2-3-16(14,15)13-6-4-7(10)9(12)8(11)5-6/h4-5,13H,2-3H2,1H3. The highest BCUT2D eigenvalue weighted by atomic mass is 79.9. The van der Waals surface area contributed by atoms with Crippen LogP contribution in [0.4, 0.5) is 10.1 Å². The maximum Gasteiger partial charge on any atom is 0.232 e. The van der Waals surface area contributed by atoms with E-state index in [-0.39, 0.29) is 14.7 Å². The van der Waals surface area contributed by atoms with E-state index in [9.17, 15) is 12.8 Å². The number of hydrogen-bond acceptors (Lipinski definition) is 2. The second-order valence-electron chi connectivity index (χ2n) is 3.17. The minimum Gasteiger partial charge on any atom is -0.283 e. The highest BCUT2D eigenvalue weighted by Gasteiger charge is 2.12. The van der Waals surface area contributed by atoms with Crippen LogP contribution < -0.4 is 4.72 Å². The molecule has 0 aliphatic heterocycles. The molecule has 0 amide bonds. The maximum atomic E-state index is 13.2. The summed E-state index contributed by atoms with van der Waals surface area (Å²) in [5.41, 5.74) is 0.327. The van der Waals surface area contributed by atoms with Crippen molar-refractivity contribution >= 4 is 47.6 Å². The van der Waals surface area contributed by atoms with E-state index >= 15 is 0 Å². The molecule has 0 aliphatic rings. The Balaban J connectivity index is 2.99. The zero-order valence-electron chi connectivity index (χ0n) is 8.43. The molecule has 90 valence electrons. The van der Waals surface area contributed by atoms with E-state index in [1.165, 1.54) is 12.1 Å². The first-order valence-corrected chi connectivity index (χ1v) is 7.74. The zero-order valence-corrected chi connectivity index (χ0v) is 12.4. The van der Waals surface area contributed by atoms with Gasteiger partial charge in [-0.15, -0.1) is 0 Å². The summed E-state index contributed by atoms with van der Waals surface area (Å²) in [5.74, 6) is -0.418. The number of hydrogen-bond donors (Lipinski definition) is 1. The number of sulfonamides is 1. The molecular formula is C9H10Br2FNO2S. The van der Waals surface area contributed by atoms with Crippen LogP contribution in [0.5, 0.6) is 0 Å². The average molecular weight is 375 g/mol. The van der Waals surface area contributed by atoms with Gasteiger partial charge < -0.3 is 0 Å². The first kappa shape index (κ1) is 13.9. The molecule has 0 unspecified atom stereocenters. The van der Waals surface area contributed by atoms with E-state index in [0.717, 1.165) is 0 Å². The molecule has 7 heteroatoms. The van der Waals surface area contributed by atoms with Crippen molar-refractivity contribution in [3.05, 3.63) is 26.9 Å². The molecule has 0 bridgehead atoms. The molecule has 16 heavy (non-hydrogen) atoms. The van der Waals surface area contributed by atoms with Crippen LogP contribution in [-0.4, -0.2) is 14.2 Å².